The number of amides is 1. The van der Waals surface area contributed by atoms with Gasteiger partial charge in [0, 0.05) is 12.1 Å². The first-order valence-electron chi connectivity index (χ1n) is 6.88. The highest BCUT2D eigenvalue weighted by atomic mass is 16.6. The van der Waals surface area contributed by atoms with E-state index in [1.54, 1.807) is 25.0 Å². The molecule has 1 aromatic rings. The Balaban J connectivity index is 2.44. The molecule has 0 fully saturated rings. The second-order valence-electron chi connectivity index (χ2n) is 4.73. The van der Waals surface area contributed by atoms with E-state index in [0.29, 0.717) is 24.6 Å². The third kappa shape index (κ3) is 2.56. The lowest BCUT2D eigenvalue weighted by Crippen LogP contribution is -2.46. The van der Waals surface area contributed by atoms with Gasteiger partial charge in [0.05, 0.1) is 31.1 Å². The van der Waals surface area contributed by atoms with Gasteiger partial charge in [-0.05, 0) is 25.8 Å². The van der Waals surface area contributed by atoms with Gasteiger partial charge < -0.3 is 15.2 Å². The number of carbonyl (C=O) groups excluding carboxylic acids is 1. The van der Waals surface area contributed by atoms with Crippen molar-refractivity contribution in [3.05, 3.63) is 17.8 Å². The normalized spacial score (nSPS) is 21.3. The second-order valence-corrected chi connectivity index (χ2v) is 4.73. The van der Waals surface area contributed by atoms with Gasteiger partial charge in [-0.15, -0.1) is 0 Å². The summed E-state index contributed by atoms with van der Waals surface area (Å²) in [4.78, 5) is 18.2. The number of hydrogen-bond acceptors (Lipinski definition) is 5. The molecule has 110 valence electrons. The Bertz CT molecular complexity index is 493. The average molecular weight is 279 g/mol. The minimum absolute atomic E-state index is 0.0340. The Morgan fingerprint density at radius 2 is 2.25 bits per heavy atom. The summed E-state index contributed by atoms with van der Waals surface area (Å²) in [5, 5.41) is 0. The number of rotatable bonds is 3. The Labute approximate surface area is 118 Å². The summed E-state index contributed by atoms with van der Waals surface area (Å²) in [6, 6.07) is 3.39. The first-order chi connectivity index (χ1) is 9.62. The van der Waals surface area contributed by atoms with Crippen LogP contribution in [0.25, 0.3) is 0 Å². The monoisotopic (exact) mass is 279 g/mol. The molecule has 0 aromatic carbocycles. The van der Waals surface area contributed by atoms with Crippen LogP contribution >= 0.6 is 0 Å². The van der Waals surface area contributed by atoms with Gasteiger partial charge in [-0.25, -0.2) is 9.78 Å². The van der Waals surface area contributed by atoms with Gasteiger partial charge in [-0.1, -0.05) is 6.92 Å². The minimum atomic E-state index is -0.348. The standard InChI is InChI=1S/C14H21N3O3/c1-4-9-8-10(15)13-11(6-7-12(16-13)19-3)17(9)14(18)20-5-2/h6-7,9-10H,4-5,8,15H2,1-3H3/t9-,10+/m0/s1. The number of fused-ring (bicyclic) bond motifs is 1. The number of ether oxygens (including phenoxy) is 2. The minimum Gasteiger partial charge on any atom is -0.481 e. The molecule has 20 heavy (non-hydrogen) atoms. The van der Waals surface area contributed by atoms with Crippen LogP contribution in [0, 0.1) is 0 Å². The molecule has 0 radical (unpaired) electrons. The summed E-state index contributed by atoms with van der Waals surface area (Å²) in [5.74, 6) is 0.498. The largest absolute Gasteiger partial charge is 0.481 e. The van der Waals surface area contributed by atoms with Crippen LogP contribution in [0.3, 0.4) is 0 Å². The van der Waals surface area contributed by atoms with Crippen molar-refractivity contribution in [2.75, 3.05) is 18.6 Å². The summed E-state index contributed by atoms with van der Waals surface area (Å²) >= 11 is 0. The van der Waals surface area contributed by atoms with E-state index in [0.717, 1.165) is 12.1 Å². The van der Waals surface area contributed by atoms with E-state index in [1.807, 2.05) is 13.0 Å². The highest BCUT2D eigenvalue weighted by Crippen LogP contribution is 2.37. The summed E-state index contributed by atoms with van der Waals surface area (Å²) in [6.45, 7) is 4.17. The van der Waals surface area contributed by atoms with Crippen molar-refractivity contribution in [1.29, 1.82) is 0 Å². The summed E-state index contributed by atoms with van der Waals surface area (Å²) in [6.07, 6.45) is 1.14. The van der Waals surface area contributed by atoms with Crippen LogP contribution < -0.4 is 15.4 Å². The average Bonchev–Trinajstić information content (AvgIpc) is 2.46. The molecule has 2 atom stereocenters. The molecule has 1 amide bonds. The van der Waals surface area contributed by atoms with Crippen molar-refractivity contribution >= 4 is 11.8 Å². The number of pyridine rings is 1. The molecule has 2 N–H and O–H groups in total. The zero-order valence-electron chi connectivity index (χ0n) is 12.1. The van der Waals surface area contributed by atoms with E-state index >= 15 is 0 Å². The molecular formula is C14H21N3O3. The molecular weight excluding hydrogens is 258 g/mol. The zero-order valence-corrected chi connectivity index (χ0v) is 12.1. The Morgan fingerprint density at radius 1 is 1.50 bits per heavy atom. The van der Waals surface area contributed by atoms with Gasteiger partial charge >= 0.3 is 6.09 Å². The number of carbonyl (C=O) groups is 1. The van der Waals surface area contributed by atoms with Crippen LogP contribution in [0.5, 0.6) is 5.88 Å². The fourth-order valence-electron chi connectivity index (χ4n) is 2.54. The lowest BCUT2D eigenvalue weighted by atomic mass is 9.94. The topological polar surface area (TPSA) is 77.7 Å². The maximum absolute atomic E-state index is 12.2. The molecule has 1 aromatic heterocycles. The highest BCUT2D eigenvalue weighted by molar-refractivity contribution is 5.90. The van der Waals surface area contributed by atoms with Gasteiger partial charge in [-0.3, -0.25) is 4.90 Å². The molecule has 0 spiro atoms. The Kier molecular flexibility index (Phi) is 4.44. The number of anilines is 1. The molecule has 0 unspecified atom stereocenters. The molecule has 6 heteroatoms. The van der Waals surface area contributed by atoms with Gasteiger partial charge in [-0.2, -0.15) is 0 Å². The lowest BCUT2D eigenvalue weighted by molar-refractivity contribution is 0.155. The van der Waals surface area contributed by atoms with E-state index in [-0.39, 0.29) is 18.2 Å². The fourth-order valence-corrected chi connectivity index (χ4v) is 2.54. The van der Waals surface area contributed by atoms with E-state index in [1.165, 1.54) is 0 Å². The Hall–Kier alpha value is -1.82. The second kappa shape index (κ2) is 6.09. The maximum Gasteiger partial charge on any atom is 0.414 e. The number of nitrogens with two attached hydrogens (primary N) is 1. The van der Waals surface area contributed by atoms with Crippen molar-refractivity contribution in [2.45, 2.75) is 38.8 Å². The maximum atomic E-state index is 12.2. The van der Waals surface area contributed by atoms with Crippen LogP contribution in [0.4, 0.5) is 10.5 Å². The summed E-state index contributed by atoms with van der Waals surface area (Å²) < 4.78 is 10.3. The van der Waals surface area contributed by atoms with Crippen molar-refractivity contribution in [3.63, 3.8) is 0 Å². The summed E-state index contributed by atoms with van der Waals surface area (Å²) in [7, 11) is 1.56. The predicted octanol–water partition coefficient (Wildman–Crippen LogP) is 2.24. The molecule has 6 nitrogen and oxygen atoms in total. The molecule has 1 aliphatic rings. The Morgan fingerprint density at radius 3 is 2.85 bits per heavy atom. The molecule has 0 bridgehead atoms. The van der Waals surface area contributed by atoms with Crippen LogP contribution in [-0.4, -0.2) is 30.8 Å². The molecule has 2 heterocycles. The zero-order chi connectivity index (χ0) is 14.7. The molecule has 0 aliphatic carbocycles. The SMILES string of the molecule is CCOC(=O)N1c2ccc(OC)nc2[C@H](N)C[C@@H]1CC. The first-order valence-corrected chi connectivity index (χ1v) is 6.88. The third-order valence-electron chi connectivity index (χ3n) is 3.52. The van der Waals surface area contributed by atoms with Gasteiger partial charge in [0.2, 0.25) is 5.88 Å². The van der Waals surface area contributed by atoms with Crippen LogP contribution in [0.2, 0.25) is 0 Å². The summed E-state index contributed by atoms with van der Waals surface area (Å²) in [5.41, 5.74) is 7.58. The highest BCUT2D eigenvalue weighted by Gasteiger charge is 2.35. The van der Waals surface area contributed by atoms with Crippen molar-refractivity contribution in [2.24, 2.45) is 5.73 Å². The predicted molar refractivity (Wildman–Crippen MR) is 75.9 cm³/mol. The first kappa shape index (κ1) is 14.6. The van der Waals surface area contributed by atoms with Crippen LogP contribution in [0.1, 0.15) is 38.4 Å². The van der Waals surface area contributed by atoms with E-state index in [4.69, 9.17) is 15.2 Å². The van der Waals surface area contributed by atoms with E-state index in [2.05, 4.69) is 4.98 Å². The third-order valence-corrected chi connectivity index (χ3v) is 3.52. The number of aromatic nitrogens is 1. The van der Waals surface area contributed by atoms with E-state index < -0.39 is 0 Å². The smallest absolute Gasteiger partial charge is 0.414 e. The fraction of sp³-hybridized carbons (Fsp3) is 0.571. The molecule has 1 aliphatic heterocycles. The van der Waals surface area contributed by atoms with Crippen molar-refractivity contribution in [1.82, 2.24) is 4.98 Å². The van der Waals surface area contributed by atoms with Gasteiger partial charge in [0.25, 0.3) is 0 Å². The van der Waals surface area contributed by atoms with Gasteiger partial charge in [0.1, 0.15) is 0 Å². The van der Waals surface area contributed by atoms with Crippen LogP contribution in [-0.2, 0) is 4.74 Å². The number of nitrogens with zero attached hydrogens (tertiary/aromatic N) is 2. The molecule has 2 rings (SSSR count). The molecule has 0 saturated heterocycles. The van der Waals surface area contributed by atoms with Crippen LogP contribution in [0.15, 0.2) is 12.1 Å². The van der Waals surface area contributed by atoms with Crippen molar-refractivity contribution < 1.29 is 14.3 Å². The quantitative estimate of drug-likeness (QED) is 0.918. The number of hydrogen-bond donors (Lipinski definition) is 1. The lowest BCUT2D eigenvalue weighted by Gasteiger charge is -2.37. The number of methoxy groups -OCH3 is 1. The van der Waals surface area contributed by atoms with E-state index in [9.17, 15) is 4.79 Å². The van der Waals surface area contributed by atoms with Gasteiger partial charge in [0.15, 0.2) is 0 Å². The van der Waals surface area contributed by atoms with Crippen molar-refractivity contribution in [3.8, 4) is 5.88 Å². The molecule has 0 saturated carbocycles.